The van der Waals surface area contributed by atoms with Crippen molar-refractivity contribution in [1.82, 2.24) is 19.5 Å². The molecule has 0 saturated carbocycles. The number of hydrogen-bond acceptors (Lipinski definition) is 5. The number of nitrogens with zero attached hydrogens (tertiary/aromatic N) is 4. The topological polar surface area (TPSA) is 72.7 Å². The lowest BCUT2D eigenvalue weighted by atomic mass is 10.2. The van der Waals surface area contributed by atoms with Crippen molar-refractivity contribution in [2.45, 2.75) is 6.54 Å². The maximum atomic E-state index is 12.4. The summed E-state index contributed by atoms with van der Waals surface area (Å²) >= 11 is 1.39. The van der Waals surface area contributed by atoms with Gasteiger partial charge in [-0.25, -0.2) is 9.97 Å². The standard InChI is InChI=1S/C17H13N5OS/c23-15(21-17-19-9-10-24-17)11-22-14-4-2-1-3-13(14)20-16(22)12-5-7-18-8-6-12/h1-10H,11H2,(H,19,21,23). The molecule has 0 saturated heterocycles. The molecule has 3 heterocycles. The molecule has 3 aromatic heterocycles. The third-order valence-electron chi connectivity index (χ3n) is 3.57. The van der Waals surface area contributed by atoms with Gasteiger partial charge < -0.3 is 9.88 Å². The van der Waals surface area contributed by atoms with E-state index < -0.39 is 0 Å². The molecule has 0 radical (unpaired) electrons. The highest BCUT2D eigenvalue weighted by atomic mass is 32.1. The Balaban J connectivity index is 1.74. The second-order valence-corrected chi connectivity index (χ2v) is 6.03. The summed E-state index contributed by atoms with van der Waals surface area (Å²) < 4.78 is 1.91. The molecular formula is C17H13N5OS. The Labute approximate surface area is 141 Å². The minimum atomic E-state index is -0.136. The van der Waals surface area contributed by atoms with E-state index in [9.17, 15) is 4.79 Å². The smallest absolute Gasteiger partial charge is 0.246 e. The molecule has 4 aromatic rings. The van der Waals surface area contributed by atoms with E-state index in [1.54, 1.807) is 18.6 Å². The molecule has 4 rings (SSSR count). The lowest BCUT2D eigenvalue weighted by molar-refractivity contribution is -0.116. The number of para-hydroxylation sites is 2. The van der Waals surface area contributed by atoms with Crippen molar-refractivity contribution >= 4 is 33.4 Å². The van der Waals surface area contributed by atoms with Crippen LogP contribution in [0.5, 0.6) is 0 Å². The number of thiazole rings is 1. The van der Waals surface area contributed by atoms with Gasteiger partial charge in [0.25, 0.3) is 0 Å². The Kier molecular flexibility index (Phi) is 3.76. The van der Waals surface area contributed by atoms with Crippen LogP contribution in [0.25, 0.3) is 22.4 Å². The molecule has 1 amide bonds. The number of pyridine rings is 1. The molecule has 24 heavy (non-hydrogen) atoms. The zero-order chi connectivity index (χ0) is 16.4. The molecule has 0 unspecified atom stereocenters. The summed E-state index contributed by atoms with van der Waals surface area (Å²) in [5, 5.41) is 5.23. The van der Waals surface area contributed by atoms with E-state index in [1.807, 2.05) is 46.3 Å². The van der Waals surface area contributed by atoms with Crippen molar-refractivity contribution in [3.63, 3.8) is 0 Å². The largest absolute Gasteiger partial charge is 0.314 e. The maximum Gasteiger partial charge on any atom is 0.246 e. The number of carbonyl (C=O) groups is 1. The van der Waals surface area contributed by atoms with Gasteiger partial charge in [-0.05, 0) is 24.3 Å². The number of fused-ring (bicyclic) bond motifs is 1. The van der Waals surface area contributed by atoms with Crippen LogP contribution in [0.3, 0.4) is 0 Å². The van der Waals surface area contributed by atoms with Gasteiger partial charge in [0.2, 0.25) is 5.91 Å². The number of rotatable bonds is 4. The van der Waals surface area contributed by atoms with E-state index in [0.717, 1.165) is 22.4 Å². The number of anilines is 1. The minimum absolute atomic E-state index is 0.136. The molecule has 0 aliphatic rings. The molecule has 0 bridgehead atoms. The third kappa shape index (κ3) is 2.77. The zero-order valence-corrected chi connectivity index (χ0v) is 13.4. The van der Waals surface area contributed by atoms with Crippen LogP contribution >= 0.6 is 11.3 Å². The lowest BCUT2D eigenvalue weighted by Crippen LogP contribution is -2.19. The Bertz CT molecular complexity index is 979. The first-order valence-electron chi connectivity index (χ1n) is 7.36. The summed E-state index contributed by atoms with van der Waals surface area (Å²) in [6.07, 6.45) is 5.10. The van der Waals surface area contributed by atoms with Crippen LogP contribution in [0.4, 0.5) is 5.13 Å². The van der Waals surface area contributed by atoms with Gasteiger partial charge in [0.1, 0.15) is 12.4 Å². The highest BCUT2D eigenvalue weighted by molar-refractivity contribution is 7.13. The van der Waals surface area contributed by atoms with Crippen molar-refractivity contribution < 1.29 is 4.79 Å². The number of carbonyl (C=O) groups excluding carboxylic acids is 1. The second kappa shape index (κ2) is 6.21. The van der Waals surface area contributed by atoms with Crippen molar-refractivity contribution in [1.29, 1.82) is 0 Å². The van der Waals surface area contributed by atoms with Gasteiger partial charge in [0, 0.05) is 29.5 Å². The van der Waals surface area contributed by atoms with Gasteiger partial charge in [-0.1, -0.05) is 12.1 Å². The first kappa shape index (κ1) is 14.5. The molecule has 0 aliphatic heterocycles. The number of benzene rings is 1. The van der Waals surface area contributed by atoms with E-state index >= 15 is 0 Å². The second-order valence-electron chi connectivity index (χ2n) is 5.13. The highest BCUT2D eigenvalue weighted by Crippen LogP contribution is 2.24. The average molecular weight is 335 g/mol. The SMILES string of the molecule is O=C(Cn1c(-c2ccncc2)nc2ccccc21)Nc1nccs1. The fourth-order valence-electron chi connectivity index (χ4n) is 2.54. The van der Waals surface area contributed by atoms with Gasteiger partial charge in [-0.2, -0.15) is 0 Å². The van der Waals surface area contributed by atoms with Crippen molar-refractivity contribution in [3.05, 3.63) is 60.4 Å². The van der Waals surface area contributed by atoms with Crippen molar-refractivity contribution in [3.8, 4) is 11.4 Å². The van der Waals surface area contributed by atoms with Crippen molar-refractivity contribution in [2.75, 3.05) is 5.32 Å². The van der Waals surface area contributed by atoms with Crippen molar-refractivity contribution in [2.24, 2.45) is 0 Å². The van der Waals surface area contributed by atoms with Gasteiger partial charge in [0.05, 0.1) is 11.0 Å². The Morgan fingerprint density at radius 2 is 1.96 bits per heavy atom. The van der Waals surface area contributed by atoms with Crippen LogP contribution in [-0.2, 0) is 11.3 Å². The van der Waals surface area contributed by atoms with E-state index in [4.69, 9.17) is 0 Å². The molecule has 0 atom stereocenters. The van der Waals surface area contributed by atoms with Crippen LogP contribution < -0.4 is 5.32 Å². The first-order chi connectivity index (χ1) is 11.8. The number of amides is 1. The molecule has 1 N–H and O–H groups in total. The van der Waals surface area contributed by atoms with Gasteiger partial charge in [-0.3, -0.25) is 9.78 Å². The van der Waals surface area contributed by atoms with Gasteiger partial charge in [-0.15, -0.1) is 11.3 Å². The molecule has 6 nitrogen and oxygen atoms in total. The predicted octanol–water partition coefficient (Wildman–Crippen LogP) is 3.19. The Hall–Kier alpha value is -3.06. The van der Waals surface area contributed by atoms with Crippen LogP contribution in [0.15, 0.2) is 60.4 Å². The molecule has 0 aliphatic carbocycles. The van der Waals surface area contributed by atoms with E-state index in [-0.39, 0.29) is 12.5 Å². The fraction of sp³-hybridized carbons (Fsp3) is 0.0588. The summed E-state index contributed by atoms with van der Waals surface area (Å²) in [5.74, 6) is 0.608. The summed E-state index contributed by atoms with van der Waals surface area (Å²) in [7, 11) is 0. The molecule has 0 fully saturated rings. The van der Waals surface area contributed by atoms with Crippen LogP contribution in [0.2, 0.25) is 0 Å². The summed E-state index contributed by atoms with van der Waals surface area (Å²) in [4.78, 5) is 25.2. The molecule has 1 aromatic carbocycles. The predicted molar refractivity (Wildman–Crippen MR) is 93.7 cm³/mol. The monoisotopic (exact) mass is 335 g/mol. The lowest BCUT2D eigenvalue weighted by Gasteiger charge is -2.09. The summed E-state index contributed by atoms with van der Waals surface area (Å²) in [5.41, 5.74) is 2.69. The Morgan fingerprint density at radius 1 is 1.12 bits per heavy atom. The van der Waals surface area contributed by atoms with E-state index in [1.165, 1.54) is 11.3 Å². The molecule has 0 spiro atoms. The minimum Gasteiger partial charge on any atom is -0.314 e. The van der Waals surface area contributed by atoms with E-state index in [2.05, 4.69) is 20.3 Å². The fourth-order valence-corrected chi connectivity index (χ4v) is 3.09. The number of imidazole rings is 1. The number of aromatic nitrogens is 4. The average Bonchev–Trinajstić information content (AvgIpc) is 3.24. The maximum absolute atomic E-state index is 12.4. The normalized spacial score (nSPS) is 10.8. The molecular weight excluding hydrogens is 322 g/mol. The van der Waals surface area contributed by atoms with Gasteiger partial charge >= 0.3 is 0 Å². The van der Waals surface area contributed by atoms with Gasteiger partial charge in [0.15, 0.2) is 5.13 Å². The summed E-state index contributed by atoms with van der Waals surface area (Å²) in [6.45, 7) is 0.164. The zero-order valence-electron chi connectivity index (χ0n) is 12.6. The third-order valence-corrected chi connectivity index (χ3v) is 4.26. The number of hydrogen-bond donors (Lipinski definition) is 1. The van der Waals surface area contributed by atoms with Crippen LogP contribution in [-0.4, -0.2) is 25.4 Å². The molecule has 118 valence electrons. The van der Waals surface area contributed by atoms with Crippen LogP contribution in [0.1, 0.15) is 0 Å². The quantitative estimate of drug-likeness (QED) is 0.621. The molecule has 7 heteroatoms. The summed E-state index contributed by atoms with van der Waals surface area (Å²) in [6, 6.07) is 11.5. The number of nitrogens with one attached hydrogen (secondary N) is 1. The Morgan fingerprint density at radius 3 is 2.75 bits per heavy atom. The first-order valence-corrected chi connectivity index (χ1v) is 8.24. The van der Waals surface area contributed by atoms with E-state index in [0.29, 0.717) is 5.13 Å². The highest BCUT2D eigenvalue weighted by Gasteiger charge is 2.15. The van der Waals surface area contributed by atoms with Crippen LogP contribution in [0, 0.1) is 0 Å².